The van der Waals surface area contributed by atoms with Crippen molar-refractivity contribution in [3.05, 3.63) is 28.0 Å². The van der Waals surface area contributed by atoms with E-state index in [2.05, 4.69) is 20.3 Å². The molecule has 0 amide bonds. The van der Waals surface area contributed by atoms with Gasteiger partial charge in [-0.15, -0.1) is 0 Å². The highest BCUT2D eigenvalue weighted by Crippen LogP contribution is 2.25. The maximum atomic E-state index is 13.5. The lowest BCUT2D eigenvalue weighted by Crippen LogP contribution is -2.19. The summed E-state index contributed by atoms with van der Waals surface area (Å²) in [5.41, 5.74) is 0.519. The van der Waals surface area contributed by atoms with Gasteiger partial charge < -0.3 is 4.74 Å². The zero-order valence-electron chi connectivity index (χ0n) is 10.7. The van der Waals surface area contributed by atoms with Gasteiger partial charge in [0, 0.05) is 16.3 Å². The van der Waals surface area contributed by atoms with E-state index in [1.165, 1.54) is 25.5 Å². The number of halogens is 2. The van der Waals surface area contributed by atoms with Crippen molar-refractivity contribution in [2.75, 3.05) is 7.11 Å². The summed E-state index contributed by atoms with van der Waals surface area (Å²) in [7, 11) is 0.0312. The van der Waals surface area contributed by atoms with Gasteiger partial charge in [-0.3, -0.25) is 0 Å². The van der Waals surface area contributed by atoms with Crippen LogP contribution in [0.3, 0.4) is 0 Å². The van der Waals surface area contributed by atoms with Crippen LogP contribution in [0.25, 0.3) is 0 Å². The van der Waals surface area contributed by atoms with E-state index in [1.807, 2.05) is 20.8 Å². The lowest BCUT2D eigenvalue weighted by molar-refractivity contribution is 0.386. The molecule has 6 heteroatoms. The minimum atomic E-state index is -1.36. The first-order valence-corrected chi connectivity index (χ1v) is 7.15. The second-order valence-electron chi connectivity index (χ2n) is 4.60. The van der Waals surface area contributed by atoms with Gasteiger partial charge >= 0.3 is 0 Å². The molecule has 0 saturated heterocycles. The molecule has 18 heavy (non-hydrogen) atoms. The monoisotopic (exact) mass is 335 g/mol. The lowest BCUT2D eigenvalue weighted by atomic mass is 10.2. The Hall–Kier alpha value is -0.750. The first kappa shape index (κ1) is 15.3. The number of benzene rings is 1. The molecule has 0 heterocycles. The third-order valence-electron chi connectivity index (χ3n) is 2.08. The molecule has 3 nitrogen and oxygen atoms in total. The summed E-state index contributed by atoms with van der Waals surface area (Å²) < 4.78 is 34.2. The van der Waals surface area contributed by atoms with E-state index in [0.29, 0.717) is 10.0 Å². The molecule has 0 aromatic heterocycles. The summed E-state index contributed by atoms with van der Waals surface area (Å²) >= 11 is 3.29. The fourth-order valence-electron chi connectivity index (χ4n) is 1.06. The zero-order chi connectivity index (χ0) is 13.9. The molecule has 0 N–H and O–H groups in total. The molecule has 0 bridgehead atoms. The number of nitrogens with zero attached hydrogens (tertiary/aromatic N) is 1. The van der Waals surface area contributed by atoms with E-state index in [4.69, 9.17) is 4.74 Å². The van der Waals surface area contributed by atoms with Gasteiger partial charge in [-0.25, -0.2) is 8.60 Å². The first-order valence-electron chi connectivity index (χ1n) is 5.25. The third-order valence-corrected chi connectivity index (χ3v) is 4.11. The number of hydrogen-bond donors (Lipinski definition) is 0. The van der Waals surface area contributed by atoms with Crippen molar-refractivity contribution < 1.29 is 13.3 Å². The molecule has 0 aliphatic carbocycles. The lowest BCUT2D eigenvalue weighted by Gasteiger charge is -2.12. The standard InChI is InChI=1S/C12H15BrFNO2S/c1-12(2,3)18(16)15-7-8-5-10(14)11(17-4)6-9(8)13/h5-7H,1-4H3/b15-7+/t18-/m0/s1. The molecular formula is C12H15BrFNO2S. The molecule has 0 spiro atoms. The predicted octanol–water partition coefficient (Wildman–Crippen LogP) is 3.48. The molecule has 1 aromatic rings. The van der Waals surface area contributed by atoms with Gasteiger partial charge in [0.2, 0.25) is 0 Å². The predicted molar refractivity (Wildman–Crippen MR) is 76.1 cm³/mol. The van der Waals surface area contributed by atoms with Gasteiger partial charge in [-0.2, -0.15) is 4.40 Å². The second kappa shape index (κ2) is 5.93. The normalized spacial score (nSPS) is 13.9. The number of rotatable bonds is 3. The summed E-state index contributed by atoms with van der Waals surface area (Å²) in [4.78, 5) is 0. The summed E-state index contributed by atoms with van der Waals surface area (Å²) in [6, 6.07) is 2.79. The second-order valence-corrected chi connectivity index (χ2v) is 7.39. The maximum absolute atomic E-state index is 13.5. The van der Waals surface area contributed by atoms with Crippen molar-refractivity contribution in [3.63, 3.8) is 0 Å². The Morgan fingerprint density at radius 2 is 2.06 bits per heavy atom. The molecule has 0 saturated carbocycles. The van der Waals surface area contributed by atoms with Crippen LogP contribution in [0, 0.1) is 5.82 Å². The highest BCUT2D eigenvalue weighted by atomic mass is 79.9. The molecule has 100 valence electrons. The summed E-state index contributed by atoms with van der Waals surface area (Å²) in [5.74, 6) is -0.334. The van der Waals surface area contributed by atoms with Crippen LogP contribution in [0.1, 0.15) is 26.3 Å². The van der Waals surface area contributed by atoms with E-state index in [1.54, 1.807) is 0 Å². The fourth-order valence-corrected chi connectivity index (χ4v) is 2.01. The van der Waals surface area contributed by atoms with Crippen LogP contribution in [-0.2, 0) is 11.0 Å². The van der Waals surface area contributed by atoms with Gasteiger partial charge in [0.1, 0.15) is 11.0 Å². The minimum absolute atomic E-state index is 0.149. The van der Waals surface area contributed by atoms with E-state index in [-0.39, 0.29) is 5.75 Å². The van der Waals surface area contributed by atoms with Crippen molar-refractivity contribution in [2.45, 2.75) is 25.5 Å². The number of methoxy groups -OCH3 is 1. The van der Waals surface area contributed by atoms with Crippen molar-refractivity contribution in [3.8, 4) is 5.75 Å². The zero-order valence-corrected chi connectivity index (χ0v) is 13.1. The van der Waals surface area contributed by atoms with Crippen LogP contribution in [0.15, 0.2) is 21.0 Å². The quantitative estimate of drug-likeness (QED) is 0.793. The van der Waals surface area contributed by atoms with Gasteiger partial charge in [-0.1, -0.05) is 0 Å². The summed E-state index contributed by atoms with van der Waals surface area (Å²) in [6.45, 7) is 5.47. The third kappa shape index (κ3) is 3.88. The average molecular weight is 336 g/mol. The number of ether oxygens (including phenoxy) is 1. The van der Waals surface area contributed by atoms with Gasteiger partial charge in [0.05, 0.1) is 11.9 Å². The largest absolute Gasteiger partial charge is 0.494 e. The maximum Gasteiger partial charge on any atom is 0.165 e. The van der Waals surface area contributed by atoms with Gasteiger partial charge in [0.25, 0.3) is 0 Å². The molecule has 0 aliphatic rings. The van der Waals surface area contributed by atoms with Crippen LogP contribution < -0.4 is 4.74 Å². The summed E-state index contributed by atoms with van der Waals surface area (Å²) in [6.07, 6.45) is 1.40. The first-order chi connectivity index (χ1) is 8.25. The average Bonchev–Trinajstić information content (AvgIpc) is 2.27. The van der Waals surface area contributed by atoms with E-state index in [0.717, 1.165) is 0 Å². The van der Waals surface area contributed by atoms with E-state index in [9.17, 15) is 8.60 Å². The van der Waals surface area contributed by atoms with Gasteiger partial charge in [0.15, 0.2) is 11.6 Å². The highest BCUT2D eigenvalue weighted by Gasteiger charge is 2.18. The Bertz CT molecular complexity index is 498. The SMILES string of the molecule is COc1cc(Br)c(/C=N/[S@@](=O)C(C)(C)C)cc1F. The van der Waals surface area contributed by atoms with Crippen LogP contribution in [0.5, 0.6) is 5.75 Å². The molecule has 0 aliphatic heterocycles. The summed E-state index contributed by atoms with van der Waals surface area (Å²) in [5, 5.41) is 0. The Morgan fingerprint density at radius 3 is 2.56 bits per heavy atom. The number of hydrogen-bond acceptors (Lipinski definition) is 2. The molecular weight excluding hydrogens is 321 g/mol. The Morgan fingerprint density at radius 1 is 1.44 bits per heavy atom. The molecule has 1 rings (SSSR count). The highest BCUT2D eigenvalue weighted by molar-refractivity contribution is 9.10. The topological polar surface area (TPSA) is 38.7 Å². The molecule has 0 unspecified atom stereocenters. The molecule has 1 aromatic carbocycles. The van der Waals surface area contributed by atoms with Crippen molar-refractivity contribution in [2.24, 2.45) is 4.40 Å². The Labute approximate surface area is 117 Å². The van der Waals surface area contributed by atoms with Crippen LogP contribution in [0.2, 0.25) is 0 Å². The van der Waals surface area contributed by atoms with Crippen molar-refractivity contribution in [1.29, 1.82) is 0 Å². The molecule has 0 fully saturated rings. The van der Waals surface area contributed by atoms with Crippen LogP contribution in [-0.4, -0.2) is 22.3 Å². The van der Waals surface area contributed by atoms with E-state index >= 15 is 0 Å². The fraction of sp³-hybridized carbons (Fsp3) is 0.417. The Balaban J connectivity index is 3.03. The van der Waals surface area contributed by atoms with Crippen molar-refractivity contribution >= 4 is 33.1 Å². The van der Waals surface area contributed by atoms with E-state index < -0.39 is 21.5 Å². The molecule has 1 atom stereocenters. The molecule has 0 radical (unpaired) electrons. The van der Waals surface area contributed by atoms with Gasteiger partial charge in [-0.05, 0) is 48.8 Å². The minimum Gasteiger partial charge on any atom is -0.494 e. The van der Waals surface area contributed by atoms with Crippen LogP contribution in [0.4, 0.5) is 4.39 Å². The van der Waals surface area contributed by atoms with Crippen molar-refractivity contribution in [1.82, 2.24) is 0 Å². The Kier molecular flexibility index (Phi) is 5.04. The van der Waals surface area contributed by atoms with Crippen LogP contribution >= 0.6 is 15.9 Å². The smallest absolute Gasteiger partial charge is 0.165 e.